The number of amides is 2. The van der Waals surface area contributed by atoms with Gasteiger partial charge in [-0.25, -0.2) is 15.3 Å². The van der Waals surface area contributed by atoms with Crippen LogP contribution in [0.3, 0.4) is 0 Å². The quantitative estimate of drug-likeness (QED) is 0.707. The summed E-state index contributed by atoms with van der Waals surface area (Å²) in [6.45, 7) is 4.34. The molecule has 5 heteroatoms. The van der Waals surface area contributed by atoms with E-state index in [1.165, 1.54) is 0 Å². The smallest absolute Gasteiger partial charge is 0.284 e. The van der Waals surface area contributed by atoms with Crippen molar-refractivity contribution in [3.05, 3.63) is 29.8 Å². The fraction of sp³-hybridized carbons (Fsp3) is 0.364. The van der Waals surface area contributed by atoms with E-state index in [9.17, 15) is 10.0 Å². The lowest BCUT2D eigenvalue weighted by Crippen LogP contribution is -2.60. The monoisotopic (exact) mass is 221 g/mol. The van der Waals surface area contributed by atoms with Crippen molar-refractivity contribution in [2.45, 2.75) is 19.9 Å². The van der Waals surface area contributed by atoms with Crippen LogP contribution in [0.1, 0.15) is 12.5 Å². The number of carbonyl (C=O) groups excluding carboxylic acids is 1. The second-order valence-corrected chi connectivity index (χ2v) is 4.06. The molecule has 1 fully saturated rings. The van der Waals surface area contributed by atoms with E-state index in [4.69, 9.17) is 0 Å². The molecule has 0 saturated carbocycles. The fourth-order valence-corrected chi connectivity index (χ4v) is 1.72. The first-order chi connectivity index (χ1) is 7.58. The Bertz CT molecular complexity index is 408. The largest absolute Gasteiger partial charge is 0.360 e. The normalized spacial score (nSPS) is 20.9. The van der Waals surface area contributed by atoms with Gasteiger partial charge in [0.05, 0.1) is 18.3 Å². The van der Waals surface area contributed by atoms with Gasteiger partial charge in [0, 0.05) is 0 Å². The molecular formula is C11H15N3O2. The Balaban J connectivity index is 2.20. The Kier molecular flexibility index (Phi) is 2.70. The lowest BCUT2D eigenvalue weighted by atomic mass is 10.2. The van der Waals surface area contributed by atoms with Crippen molar-refractivity contribution in [3.8, 4) is 0 Å². The van der Waals surface area contributed by atoms with E-state index in [1.54, 1.807) is 11.9 Å². The first-order valence-electron chi connectivity index (χ1n) is 5.21. The highest BCUT2D eigenvalue weighted by atomic mass is 16.5. The molecule has 2 N–H and O–H groups in total. The van der Waals surface area contributed by atoms with E-state index in [2.05, 4.69) is 5.43 Å². The van der Waals surface area contributed by atoms with Gasteiger partial charge in [0.25, 0.3) is 0 Å². The van der Waals surface area contributed by atoms with Crippen molar-refractivity contribution < 1.29 is 10.0 Å². The molecule has 1 atom stereocenters. The molecule has 0 spiro atoms. The Hall–Kier alpha value is -1.75. The van der Waals surface area contributed by atoms with Crippen LogP contribution in [-0.2, 0) is 0 Å². The summed E-state index contributed by atoms with van der Waals surface area (Å²) in [6.07, 6.45) is 0. The molecule has 16 heavy (non-hydrogen) atoms. The Morgan fingerprint density at radius 2 is 2.25 bits per heavy atom. The van der Waals surface area contributed by atoms with Gasteiger partial charge in [-0.1, -0.05) is 12.1 Å². The maximum atomic E-state index is 11.4. The molecule has 5 nitrogen and oxygen atoms in total. The SMILES string of the molecule is Cc1cccc(N2CC(C)N(O)C(=O)N2)c1. The summed E-state index contributed by atoms with van der Waals surface area (Å²) in [6, 6.07) is 7.12. The number of aryl methyl sites for hydroxylation is 1. The van der Waals surface area contributed by atoms with Gasteiger partial charge in [0.15, 0.2) is 0 Å². The van der Waals surface area contributed by atoms with Gasteiger partial charge < -0.3 is 0 Å². The summed E-state index contributed by atoms with van der Waals surface area (Å²) in [5.74, 6) is 0. The summed E-state index contributed by atoms with van der Waals surface area (Å²) in [5, 5.41) is 11.8. The maximum Gasteiger partial charge on any atom is 0.360 e. The molecule has 0 aromatic heterocycles. The van der Waals surface area contributed by atoms with Crippen LogP contribution in [0.15, 0.2) is 24.3 Å². The Morgan fingerprint density at radius 3 is 2.88 bits per heavy atom. The number of hydrogen-bond donors (Lipinski definition) is 2. The van der Waals surface area contributed by atoms with Gasteiger partial charge in [0.2, 0.25) is 0 Å². The molecule has 1 aromatic carbocycles. The molecular weight excluding hydrogens is 206 g/mol. The van der Waals surface area contributed by atoms with Gasteiger partial charge >= 0.3 is 6.03 Å². The molecule has 1 aliphatic heterocycles. The summed E-state index contributed by atoms with van der Waals surface area (Å²) in [4.78, 5) is 11.4. The predicted octanol–water partition coefficient (Wildman–Crippen LogP) is 1.52. The Labute approximate surface area is 94.2 Å². The molecule has 1 saturated heterocycles. The van der Waals surface area contributed by atoms with Crippen molar-refractivity contribution in [2.75, 3.05) is 11.6 Å². The topological polar surface area (TPSA) is 55.8 Å². The van der Waals surface area contributed by atoms with Crippen LogP contribution in [0.4, 0.5) is 10.5 Å². The lowest BCUT2D eigenvalue weighted by Gasteiger charge is -2.37. The first kappa shape index (κ1) is 10.8. The maximum absolute atomic E-state index is 11.4. The predicted molar refractivity (Wildman–Crippen MR) is 60.1 cm³/mol. The zero-order chi connectivity index (χ0) is 11.7. The summed E-state index contributed by atoms with van der Waals surface area (Å²) in [5.41, 5.74) is 4.67. The van der Waals surface area contributed by atoms with Gasteiger partial charge in [-0.3, -0.25) is 10.2 Å². The standard InChI is InChI=1S/C11H15N3O2/c1-8-4-3-5-10(6-8)13-7-9(2)14(16)11(15)12-13/h3-6,9,16H,7H2,1-2H3,(H,12,15). The number of nitrogens with one attached hydrogen (secondary N) is 1. The first-order valence-corrected chi connectivity index (χ1v) is 5.21. The van der Waals surface area contributed by atoms with Crippen molar-refractivity contribution >= 4 is 11.7 Å². The van der Waals surface area contributed by atoms with Gasteiger partial charge in [-0.05, 0) is 31.5 Å². The van der Waals surface area contributed by atoms with E-state index in [0.717, 1.165) is 11.3 Å². The zero-order valence-electron chi connectivity index (χ0n) is 9.34. The number of hydroxylamine groups is 2. The highest BCUT2D eigenvalue weighted by molar-refractivity contribution is 5.76. The van der Waals surface area contributed by atoms with E-state index in [0.29, 0.717) is 11.6 Å². The highest BCUT2D eigenvalue weighted by Crippen LogP contribution is 2.17. The minimum atomic E-state index is -0.500. The van der Waals surface area contributed by atoms with Crippen molar-refractivity contribution in [2.24, 2.45) is 0 Å². The molecule has 1 aliphatic rings. The van der Waals surface area contributed by atoms with Crippen LogP contribution in [0.2, 0.25) is 0 Å². The van der Waals surface area contributed by atoms with Gasteiger partial charge in [-0.15, -0.1) is 0 Å². The van der Waals surface area contributed by atoms with E-state index in [1.807, 2.05) is 31.2 Å². The number of carbonyl (C=O) groups is 1. The van der Waals surface area contributed by atoms with Gasteiger partial charge in [-0.2, -0.15) is 0 Å². The summed E-state index contributed by atoms with van der Waals surface area (Å²) in [7, 11) is 0. The molecule has 2 rings (SSSR count). The molecule has 0 aliphatic carbocycles. The second-order valence-electron chi connectivity index (χ2n) is 4.06. The number of anilines is 1. The number of rotatable bonds is 1. The van der Waals surface area contributed by atoms with E-state index >= 15 is 0 Å². The minimum Gasteiger partial charge on any atom is -0.284 e. The zero-order valence-corrected chi connectivity index (χ0v) is 9.34. The number of nitrogens with zero attached hydrogens (tertiary/aromatic N) is 2. The number of urea groups is 1. The van der Waals surface area contributed by atoms with E-state index < -0.39 is 6.03 Å². The van der Waals surface area contributed by atoms with Crippen LogP contribution in [0.25, 0.3) is 0 Å². The fourth-order valence-electron chi connectivity index (χ4n) is 1.72. The van der Waals surface area contributed by atoms with Crippen LogP contribution in [0, 0.1) is 6.92 Å². The third-order valence-corrected chi connectivity index (χ3v) is 2.62. The number of benzene rings is 1. The van der Waals surface area contributed by atoms with Crippen LogP contribution in [0.5, 0.6) is 0 Å². The van der Waals surface area contributed by atoms with Crippen molar-refractivity contribution in [3.63, 3.8) is 0 Å². The second kappa shape index (κ2) is 4.02. The molecule has 86 valence electrons. The molecule has 0 bridgehead atoms. The van der Waals surface area contributed by atoms with Crippen molar-refractivity contribution in [1.29, 1.82) is 0 Å². The van der Waals surface area contributed by atoms with Gasteiger partial charge in [0.1, 0.15) is 0 Å². The van der Waals surface area contributed by atoms with Crippen molar-refractivity contribution in [1.82, 2.24) is 10.5 Å². The summed E-state index contributed by atoms with van der Waals surface area (Å²) < 4.78 is 0. The third kappa shape index (κ3) is 1.94. The third-order valence-electron chi connectivity index (χ3n) is 2.62. The minimum absolute atomic E-state index is 0.228. The van der Waals surface area contributed by atoms with Crippen LogP contribution < -0.4 is 10.4 Å². The average molecular weight is 221 g/mol. The molecule has 1 unspecified atom stereocenters. The molecule has 1 heterocycles. The number of hydrogen-bond acceptors (Lipinski definition) is 3. The molecule has 1 aromatic rings. The van der Waals surface area contributed by atoms with E-state index in [-0.39, 0.29) is 6.04 Å². The highest BCUT2D eigenvalue weighted by Gasteiger charge is 2.28. The van der Waals surface area contributed by atoms with Crippen LogP contribution >= 0.6 is 0 Å². The average Bonchev–Trinajstić information content (AvgIpc) is 2.25. The Morgan fingerprint density at radius 1 is 1.50 bits per heavy atom. The molecule has 0 radical (unpaired) electrons. The van der Waals surface area contributed by atoms with Crippen LogP contribution in [-0.4, -0.2) is 28.9 Å². The molecule has 2 amide bonds. The summed E-state index contributed by atoms with van der Waals surface area (Å²) >= 11 is 0. The number of hydrazine groups is 1. The lowest BCUT2D eigenvalue weighted by molar-refractivity contribution is -0.0795.